The van der Waals surface area contributed by atoms with Crippen molar-refractivity contribution in [2.45, 2.75) is 84.7 Å². The molecular formula is C21H36O. The van der Waals surface area contributed by atoms with Gasteiger partial charge in [-0.25, -0.2) is 0 Å². The van der Waals surface area contributed by atoms with Gasteiger partial charge in [0.1, 0.15) is 0 Å². The Morgan fingerprint density at radius 2 is 1.55 bits per heavy atom. The summed E-state index contributed by atoms with van der Waals surface area (Å²) in [4.78, 5) is 0. The second-order valence-corrected chi connectivity index (χ2v) is 9.81. The standard InChI is InChI=1S/C21H36O/c1-14-5-8-18-17-7-6-15-13-16(22-4)9-11-21(15,3)19(17)10-12-20(14,18)2/h14-19H,5-13H2,1-4H3/t14-,15?,16?,17?,18?,19?,20?,21-/m0/s1. The zero-order valence-electron chi connectivity index (χ0n) is 15.2. The summed E-state index contributed by atoms with van der Waals surface area (Å²) in [5, 5.41) is 0. The molecule has 4 rings (SSSR count). The van der Waals surface area contributed by atoms with Crippen LogP contribution in [-0.2, 0) is 4.74 Å². The summed E-state index contributed by atoms with van der Waals surface area (Å²) < 4.78 is 5.72. The van der Waals surface area contributed by atoms with E-state index >= 15 is 0 Å². The maximum atomic E-state index is 5.72. The Morgan fingerprint density at radius 3 is 2.32 bits per heavy atom. The van der Waals surface area contributed by atoms with Crippen LogP contribution in [0.4, 0.5) is 0 Å². The molecule has 6 unspecified atom stereocenters. The second-order valence-electron chi connectivity index (χ2n) is 9.81. The molecule has 4 saturated carbocycles. The fourth-order valence-corrected chi connectivity index (χ4v) is 7.70. The molecule has 8 atom stereocenters. The van der Waals surface area contributed by atoms with Gasteiger partial charge < -0.3 is 4.74 Å². The van der Waals surface area contributed by atoms with E-state index in [1.807, 2.05) is 7.11 Å². The van der Waals surface area contributed by atoms with Gasteiger partial charge >= 0.3 is 0 Å². The first-order chi connectivity index (χ1) is 10.5. The van der Waals surface area contributed by atoms with Crippen molar-refractivity contribution >= 4 is 0 Å². The van der Waals surface area contributed by atoms with Gasteiger partial charge in [0.15, 0.2) is 0 Å². The summed E-state index contributed by atoms with van der Waals surface area (Å²) in [7, 11) is 1.92. The third-order valence-corrected chi connectivity index (χ3v) is 9.43. The van der Waals surface area contributed by atoms with E-state index in [2.05, 4.69) is 20.8 Å². The molecule has 126 valence electrons. The molecule has 0 aromatic carbocycles. The lowest BCUT2D eigenvalue weighted by molar-refractivity contribution is -0.129. The summed E-state index contributed by atoms with van der Waals surface area (Å²) in [6, 6.07) is 0. The maximum Gasteiger partial charge on any atom is 0.0574 e. The number of hydrogen-bond donors (Lipinski definition) is 0. The third kappa shape index (κ3) is 2.00. The van der Waals surface area contributed by atoms with E-state index in [0.29, 0.717) is 16.9 Å². The molecule has 0 aromatic rings. The second kappa shape index (κ2) is 5.23. The molecule has 0 aromatic heterocycles. The molecule has 4 aliphatic rings. The molecule has 0 N–H and O–H groups in total. The first-order valence-electron chi connectivity index (χ1n) is 10.0. The normalized spacial score (nSPS) is 57.8. The van der Waals surface area contributed by atoms with Crippen molar-refractivity contribution in [1.29, 1.82) is 0 Å². The van der Waals surface area contributed by atoms with Gasteiger partial charge in [0.05, 0.1) is 6.10 Å². The maximum absolute atomic E-state index is 5.72. The van der Waals surface area contributed by atoms with E-state index in [0.717, 1.165) is 29.6 Å². The van der Waals surface area contributed by atoms with Gasteiger partial charge in [-0.05, 0) is 98.2 Å². The first-order valence-corrected chi connectivity index (χ1v) is 10.0. The Kier molecular flexibility index (Phi) is 3.68. The average molecular weight is 305 g/mol. The first kappa shape index (κ1) is 15.5. The topological polar surface area (TPSA) is 9.23 Å². The summed E-state index contributed by atoms with van der Waals surface area (Å²) in [5.41, 5.74) is 1.30. The van der Waals surface area contributed by atoms with Gasteiger partial charge in [0.25, 0.3) is 0 Å². The van der Waals surface area contributed by atoms with Crippen LogP contribution < -0.4 is 0 Å². The van der Waals surface area contributed by atoms with Crippen LogP contribution in [0.5, 0.6) is 0 Å². The van der Waals surface area contributed by atoms with E-state index in [-0.39, 0.29) is 0 Å². The molecule has 0 bridgehead atoms. The number of fused-ring (bicyclic) bond motifs is 5. The van der Waals surface area contributed by atoms with Crippen molar-refractivity contribution in [3.05, 3.63) is 0 Å². The highest BCUT2D eigenvalue weighted by atomic mass is 16.5. The number of rotatable bonds is 1. The molecule has 0 saturated heterocycles. The van der Waals surface area contributed by atoms with Crippen molar-refractivity contribution in [3.63, 3.8) is 0 Å². The van der Waals surface area contributed by atoms with Crippen LogP contribution in [0.25, 0.3) is 0 Å². The van der Waals surface area contributed by atoms with Crippen molar-refractivity contribution in [1.82, 2.24) is 0 Å². The van der Waals surface area contributed by atoms with E-state index in [4.69, 9.17) is 4.74 Å². The van der Waals surface area contributed by atoms with Crippen molar-refractivity contribution in [2.24, 2.45) is 40.4 Å². The molecule has 0 amide bonds. The number of ether oxygens (including phenoxy) is 1. The molecule has 0 radical (unpaired) electrons. The number of methoxy groups -OCH3 is 1. The fourth-order valence-electron chi connectivity index (χ4n) is 7.70. The highest BCUT2D eigenvalue weighted by Gasteiger charge is 2.59. The minimum Gasteiger partial charge on any atom is -0.381 e. The molecule has 4 fully saturated rings. The van der Waals surface area contributed by atoms with Gasteiger partial charge in [-0.3, -0.25) is 0 Å². The fraction of sp³-hybridized carbons (Fsp3) is 1.00. The molecule has 0 aliphatic heterocycles. The highest BCUT2D eigenvalue weighted by molar-refractivity contribution is 5.08. The van der Waals surface area contributed by atoms with Crippen LogP contribution in [0.15, 0.2) is 0 Å². The van der Waals surface area contributed by atoms with E-state index in [1.54, 1.807) is 0 Å². The number of hydrogen-bond acceptors (Lipinski definition) is 1. The SMILES string of the molecule is COC1CC[C@@]2(C)C(CCC3C4CC[C@H](C)C4(C)CCC32)C1. The molecular weight excluding hydrogens is 268 g/mol. The average Bonchev–Trinajstić information content (AvgIpc) is 2.82. The van der Waals surface area contributed by atoms with E-state index < -0.39 is 0 Å². The Morgan fingerprint density at radius 1 is 0.818 bits per heavy atom. The molecule has 0 spiro atoms. The lowest BCUT2D eigenvalue weighted by atomic mass is 9.45. The van der Waals surface area contributed by atoms with E-state index in [1.165, 1.54) is 57.8 Å². The van der Waals surface area contributed by atoms with Crippen molar-refractivity contribution in [3.8, 4) is 0 Å². The van der Waals surface area contributed by atoms with Crippen molar-refractivity contribution in [2.75, 3.05) is 7.11 Å². The quantitative estimate of drug-likeness (QED) is 0.605. The monoisotopic (exact) mass is 304 g/mol. The minimum atomic E-state index is 0.551. The van der Waals surface area contributed by atoms with Gasteiger partial charge in [-0.1, -0.05) is 20.8 Å². The van der Waals surface area contributed by atoms with Crippen LogP contribution in [0.3, 0.4) is 0 Å². The molecule has 22 heavy (non-hydrogen) atoms. The molecule has 1 heteroatoms. The predicted octanol–water partition coefficient (Wildman–Crippen LogP) is 5.68. The summed E-state index contributed by atoms with van der Waals surface area (Å²) >= 11 is 0. The van der Waals surface area contributed by atoms with Crippen LogP contribution in [0.1, 0.15) is 78.6 Å². The Bertz CT molecular complexity index is 432. The van der Waals surface area contributed by atoms with Gasteiger partial charge in [0, 0.05) is 7.11 Å². The Balaban J connectivity index is 1.59. The zero-order chi connectivity index (χ0) is 15.5. The van der Waals surface area contributed by atoms with Crippen molar-refractivity contribution < 1.29 is 4.74 Å². The van der Waals surface area contributed by atoms with Gasteiger partial charge in [-0.2, -0.15) is 0 Å². The summed E-state index contributed by atoms with van der Waals surface area (Å²) in [6.45, 7) is 7.85. The highest BCUT2D eigenvalue weighted by Crippen LogP contribution is 2.67. The molecule has 0 heterocycles. The lowest BCUT2D eigenvalue weighted by Crippen LogP contribution is -2.53. The molecule has 4 aliphatic carbocycles. The van der Waals surface area contributed by atoms with Gasteiger partial charge in [-0.15, -0.1) is 0 Å². The molecule has 1 nitrogen and oxygen atoms in total. The van der Waals surface area contributed by atoms with Crippen LogP contribution in [0, 0.1) is 40.4 Å². The van der Waals surface area contributed by atoms with Gasteiger partial charge in [0.2, 0.25) is 0 Å². The smallest absolute Gasteiger partial charge is 0.0574 e. The third-order valence-electron chi connectivity index (χ3n) is 9.43. The van der Waals surface area contributed by atoms with E-state index in [9.17, 15) is 0 Å². The lowest BCUT2D eigenvalue weighted by Gasteiger charge is -2.61. The summed E-state index contributed by atoms with van der Waals surface area (Å²) in [6.07, 6.45) is 13.7. The Labute approximate surface area is 137 Å². The van der Waals surface area contributed by atoms with Crippen LogP contribution in [-0.4, -0.2) is 13.2 Å². The largest absolute Gasteiger partial charge is 0.381 e. The van der Waals surface area contributed by atoms with Crippen LogP contribution in [0.2, 0.25) is 0 Å². The Hall–Kier alpha value is -0.0400. The van der Waals surface area contributed by atoms with Crippen LogP contribution >= 0.6 is 0 Å². The zero-order valence-corrected chi connectivity index (χ0v) is 15.2. The predicted molar refractivity (Wildman–Crippen MR) is 91.7 cm³/mol. The summed E-state index contributed by atoms with van der Waals surface area (Å²) in [5.74, 6) is 5.01. The minimum absolute atomic E-state index is 0.551.